The predicted octanol–water partition coefficient (Wildman–Crippen LogP) is 0.949. The van der Waals surface area contributed by atoms with Crippen molar-refractivity contribution in [2.24, 2.45) is 0 Å². The molecule has 6 heteroatoms. The van der Waals surface area contributed by atoms with Crippen molar-refractivity contribution in [1.29, 1.82) is 0 Å². The molecule has 0 aliphatic rings. The van der Waals surface area contributed by atoms with Gasteiger partial charge < -0.3 is 24.8 Å². The molecule has 0 radical (unpaired) electrons. The van der Waals surface area contributed by atoms with E-state index in [0.29, 0.717) is 0 Å². The third-order valence-electron chi connectivity index (χ3n) is 1.41. The molecule has 14 heavy (non-hydrogen) atoms. The minimum absolute atomic E-state index is 0.135. The second-order valence-corrected chi connectivity index (χ2v) is 2.37. The van der Waals surface area contributed by atoms with Gasteiger partial charge in [0.25, 0.3) is 0 Å². The van der Waals surface area contributed by atoms with Gasteiger partial charge in [0.1, 0.15) is 5.75 Å². The highest BCUT2D eigenvalue weighted by Gasteiger charge is 2.11. The van der Waals surface area contributed by atoms with Gasteiger partial charge in [-0.1, -0.05) is 0 Å². The highest BCUT2D eigenvalue weighted by molar-refractivity contribution is 5.65. The number of rotatable bonds is 1. The smallest absolute Gasteiger partial charge is 0.504 e. The van der Waals surface area contributed by atoms with Gasteiger partial charge in [0.05, 0.1) is 7.11 Å². The van der Waals surface area contributed by atoms with Gasteiger partial charge in [-0.2, -0.15) is 0 Å². The predicted molar refractivity (Wildman–Crippen MR) is 44.5 cm³/mol. The van der Waals surface area contributed by atoms with Crippen molar-refractivity contribution in [3.8, 4) is 23.0 Å². The van der Waals surface area contributed by atoms with Crippen LogP contribution < -0.4 is 4.74 Å². The first kappa shape index (κ1) is 9.97. The monoisotopic (exact) mass is 200 g/mol. The lowest BCUT2D eigenvalue weighted by molar-refractivity contribution is 0.121. The van der Waals surface area contributed by atoms with Gasteiger partial charge in [0.15, 0.2) is 11.5 Å². The Morgan fingerprint density at radius 2 is 1.71 bits per heavy atom. The molecule has 0 spiro atoms. The molecule has 0 aliphatic heterocycles. The van der Waals surface area contributed by atoms with Crippen LogP contribution >= 0.6 is 0 Å². The SMILES string of the molecule is COC(=O)Oc1cc(O)c(O)c(O)c1. The molecule has 0 bridgehead atoms. The number of methoxy groups -OCH3 is 1. The van der Waals surface area contributed by atoms with Crippen molar-refractivity contribution in [2.75, 3.05) is 7.11 Å². The third kappa shape index (κ3) is 1.98. The summed E-state index contributed by atoms with van der Waals surface area (Å²) in [5.74, 6) is -2.00. The molecule has 0 unspecified atom stereocenters. The molecule has 0 amide bonds. The van der Waals surface area contributed by atoms with E-state index in [4.69, 9.17) is 15.3 Å². The van der Waals surface area contributed by atoms with Gasteiger partial charge in [-0.05, 0) is 0 Å². The van der Waals surface area contributed by atoms with Gasteiger partial charge in [-0.15, -0.1) is 0 Å². The van der Waals surface area contributed by atoms with E-state index in [0.717, 1.165) is 19.2 Å². The maximum Gasteiger partial charge on any atom is 0.513 e. The van der Waals surface area contributed by atoms with Crippen LogP contribution in [0.2, 0.25) is 0 Å². The summed E-state index contributed by atoms with van der Waals surface area (Å²) in [6.45, 7) is 0. The Bertz CT molecular complexity index is 336. The molecule has 0 saturated heterocycles. The quantitative estimate of drug-likeness (QED) is 0.355. The van der Waals surface area contributed by atoms with E-state index < -0.39 is 23.4 Å². The lowest BCUT2D eigenvalue weighted by Crippen LogP contribution is -2.06. The number of ether oxygens (including phenoxy) is 2. The normalized spacial score (nSPS) is 9.50. The molecule has 0 aromatic heterocycles. The maximum atomic E-state index is 10.6. The first-order chi connectivity index (χ1) is 6.54. The Labute approximate surface area is 78.9 Å². The number of carbonyl (C=O) groups is 1. The van der Waals surface area contributed by atoms with Crippen molar-refractivity contribution < 1.29 is 29.6 Å². The molecular formula is C8H8O6. The zero-order valence-corrected chi connectivity index (χ0v) is 7.22. The van der Waals surface area contributed by atoms with Crippen molar-refractivity contribution in [2.45, 2.75) is 0 Å². The molecule has 0 heterocycles. The van der Waals surface area contributed by atoms with E-state index in [1.54, 1.807) is 0 Å². The number of phenols is 3. The molecule has 0 aliphatic carbocycles. The second kappa shape index (κ2) is 3.73. The van der Waals surface area contributed by atoms with Gasteiger partial charge in [0.2, 0.25) is 5.75 Å². The summed E-state index contributed by atoms with van der Waals surface area (Å²) in [6.07, 6.45) is -0.991. The second-order valence-electron chi connectivity index (χ2n) is 2.37. The van der Waals surface area contributed by atoms with Gasteiger partial charge in [-0.25, -0.2) is 4.79 Å². The van der Waals surface area contributed by atoms with Crippen LogP contribution in [0.25, 0.3) is 0 Å². The van der Waals surface area contributed by atoms with E-state index in [1.165, 1.54) is 0 Å². The van der Waals surface area contributed by atoms with Crippen LogP contribution in [0.4, 0.5) is 4.79 Å². The molecule has 0 saturated carbocycles. The van der Waals surface area contributed by atoms with E-state index in [2.05, 4.69) is 9.47 Å². The van der Waals surface area contributed by atoms with Crippen LogP contribution in [0.5, 0.6) is 23.0 Å². The van der Waals surface area contributed by atoms with Crippen LogP contribution in [-0.2, 0) is 4.74 Å². The Balaban J connectivity index is 2.95. The fraction of sp³-hybridized carbons (Fsp3) is 0.125. The zero-order chi connectivity index (χ0) is 10.7. The first-order valence-corrected chi connectivity index (χ1v) is 3.55. The van der Waals surface area contributed by atoms with E-state index in [-0.39, 0.29) is 5.75 Å². The minimum Gasteiger partial charge on any atom is -0.504 e. The molecular weight excluding hydrogens is 192 g/mol. The summed E-state index contributed by atoms with van der Waals surface area (Å²) in [7, 11) is 1.11. The standard InChI is InChI=1S/C8H8O6/c1-13-8(12)14-4-2-5(9)7(11)6(10)3-4/h2-3,9-11H,1H3. The summed E-state index contributed by atoms with van der Waals surface area (Å²) in [6, 6.07) is 1.93. The Kier molecular flexibility index (Phi) is 2.66. The van der Waals surface area contributed by atoms with Crippen molar-refractivity contribution in [3.05, 3.63) is 12.1 Å². The lowest BCUT2D eigenvalue weighted by atomic mass is 10.3. The molecule has 3 N–H and O–H groups in total. The first-order valence-electron chi connectivity index (χ1n) is 3.55. The molecule has 1 rings (SSSR count). The molecule has 6 nitrogen and oxygen atoms in total. The highest BCUT2D eigenvalue weighted by atomic mass is 16.7. The summed E-state index contributed by atoms with van der Waals surface area (Å²) in [5.41, 5.74) is 0. The van der Waals surface area contributed by atoms with Crippen LogP contribution in [0, 0.1) is 0 Å². The number of aromatic hydroxyl groups is 3. The van der Waals surface area contributed by atoms with Gasteiger partial charge in [-0.3, -0.25) is 0 Å². The van der Waals surface area contributed by atoms with E-state index in [1.807, 2.05) is 0 Å². The van der Waals surface area contributed by atoms with Crippen LogP contribution in [0.3, 0.4) is 0 Å². The molecule has 0 fully saturated rings. The number of carbonyl (C=O) groups excluding carboxylic acids is 1. The highest BCUT2D eigenvalue weighted by Crippen LogP contribution is 2.38. The summed E-state index contributed by atoms with van der Waals surface area (Å²) < 4.78 is 8.67. The topological polar surface area (TPSA) is 96.2 Å². The number of hydrogen-bond donors (Lipinski definition) is 3. The fourth-order valence-electron chi connectivity index (χ4n) is 0.776. The van der Waals surface area contributed by atoms with Crippen molar-refractivity contribution in [1.82, 2.24) is 0 Å². The number of hydrogen-bond acceptors (Lipinski definition) is 6. The average Bonchev–Trinajstić information content (AvgIpc) is 2.14. The van der Waals surface area contributed by atoms with Gasteiger partial charge >= 0.3 is 6.16 Å². The summed E-state index contributed by atoms with van der Waals surface area (Å²) in [4.78, 5) is 10.6. The zero-order valence-electron chi connectivity index (χ0n) is 7.22. The maximum absolute atomic E-state index is 10.6. The average molecular weight is 200 g/mol. The Hall–Kier alpha value is -2.11. The van der Waals surface area contributed by atoms with E-state index >= 15 is 0 Å². The Morgan fingerprint density at radius 1 is 1.21 bits per heavy atom. The fourth-order valence-corrected chi connectivity index (χ4v) is 0.776. The molecule has 76 valence electrons. The largest absolute Gasteiger partial charge is 0.513 e. The van der Waals surface area contributed by atoms with Crippen LogP contribution in [0.1, 0.15) is 0 Å². The molecule has 1 aromatic rings. The third-order valence-corrected chi connectivity index (χ3v) is 1.41. The van der Waals surface area contributed by atoms with Gasteiger partial charge in [0, 0.05) is 12.1 Å². The van der Waals surface area contributed by atoms with Crippen molar-refractivity contribution in [3.63, 3.8) is 0 Å². The minimum atomic E-state index is -0.991. The molecule has 1 aromatic carbocycles. The van der Waals surface area contributed by atoms with Crippen LogP contribution in [-0.4, -0.2) is 28.6 Å². The lowest BCUT2D eigenvalue weighted by Gasteiger charge is -2.05. The molecule has 0 atom stereocenters. The Morgan fingerprint density at radius 3 is 2.14 bits per heavy atom. The number of benzene rings is 1. The number of phenolic OH excluding ortho intramolecular Hbond substituents is 3. The van der Waals surface area contributed by atoms with E-state index in [9.17, 15) is 4.79 Å². The summed E-state index contributed by atoms with van der Waals surface area (Å²) in [5, 5.41) is 27.0. The van der Waals surface area contributed by atoms with Crippen molar-refractivity contribution >= 4 is 6.16 Å². The van der Waals surface area contributed by atoms with Crippen LogP contribution in [0.15, 0.2) is 12.1 Å². The summed E-state index contributed by atoms with van der Waals surface area (Å²) >= 11 is 0.